The van der Waals surface area contributed by atoms with Crippen LogP contribution in [0, 0.1) is 0 Å². The average Bonchev–Trinajstić information content (AvgIpc) is 3.65. The van der Waals surface area contributed by atoms with Gasteiger partial charge in [0.25, 0.3) is 5.91 Å². The molecule has 3 heterocycles. The number of carbonyl (C=O) groups excluding carboxylic acids is 1. The molecule has 0 N–H and O–H groups in total. The summed E-state index contributed by atoms with van der Waals surface area (Å²) in [5.74, 6) is 1.41. The van der Waals surface area contributed by atoms with Crippen LogP contribution in [-0.4, -0.2) is 52.0 Å². The van der Waals surface area contributed by atoms with E-state index in [-0.39, 0.29) is 18.5 Å². The maximum absolute atomic E-state index is 13.4. The van der Waals surface area contributed by atoms with Crippen LogP contribution in [0.3, 0.4) is 0 Å². The molecule has 8 heteroatoms. The van der Waals surface area contributed by atoms with Gasteiger partial charge in [-0.15, -0.1) is 0 Å². The lowest BCUT2D eigenvalue weighted by Gasteiger charge is -2.23. The first-order valence-corrected chi connectivity index (χ1v) is 11.5. The number of carbonyl (C=O) groups is 1. The number of rotatable bonds is 8. The Labute approximate surface area is 204 Å². The molecule has 1 aliphatic rings. The van der Waals surface area contributed by atoms with Gasteiger partial charge in [0.15, 0.2) is 0 Å². The number of nitrogens with zero attached hydrogens (tertiary/aromatic N) is 5. The monoisotopic (exact) mass is 469 g/mol. The van der Waals surface area contributed by atoms with Gasteiger partial charge in [0, 0.05) is 24.7 Å². The van der Waals surface area contributed by atoms with Gasteiger partial charge in [0.05, 0.1) is 37.5 Å². The number of hydrazone groups is 1. The number of benzene rings is 2. The van der Waals surface area contributed by atoms with Crippen molar-refractivity contribution in [3.05, 3.63) is 102 Å². The zero-order chi connectivity index (χ0) is 24.2. The number of amides is 1. The number of aromatic nitrogens is 2. The number of likely N-dealkylation sites (N-methyl/N-ethyl adjacent to an activating group) is 1. The predicted octanol–water partition coefficient (Wildman–Crippen LogP) is 4.28. The van der Waals surface area contributed by atoms with Crippen LogP contribution < -0.4 is 4.74 Å². The summed E-state index contributed by atoms with van der Waals surface area (Å²) in [4.78, 5) is 15.3. The Hall–Kier alpha value is -4.17. The van der Waals surface area contributed by atoms with Crippen LogP contribution in [-0.2, 0) is 11.3 Å². The van der Waals surface area contributed by atoms with E-state index < -0.39 is 0 Å². The van der Waals surface area contributed by atoms with Gasteiger partial charge in [-0.05, 0) is 61.1 Å². The van der Waals surface area contributed by atoms with Gasteiger partial charge in [-0.3, -0.25) is 9.69 Å². The molecule has 2 aromatic heterocycles. The fourth-order valence-corrected chi connectivity index (χ4v) is 4.24. The van der Waals surface area contributed by atoms with E-state index in [0.717, 1.165) is 34.0 Å². The van der Waals surface area contributed by atoms with Crippen LogP contribution in [0.1, 0.15) is 29.3 Å². The van der Waals surface area contributed by atoms with Crippen molar-refractivity contribution in [2.45, 2.75) is 19.0 Å². The Morgan fingerprint density at radius 2 is 1.91 bits per heavy atom. The van der Waals surface area contributed by atoms with E-state index in [1.54, 1.807) is 18.4 Å². The molecular formula is C27H27N5O3. The first kappa shape index (κ1) is 22.6. The molecular weight excluding hydrogens is 442 g/mol. The van der Waals surface area contributed by atoms with Crippen LogP contribution >= 0.6 is 0 Å². The summed E-state index contributed by atoms with van der Waals surface area (Å²) in [5, 5.41) is 10.7. The van der Waals surface area contributed by atoms with Crippen molar-refractivity contribution < 1.29 is 13.9 Å². The standard InChI is InChI=1S/C27H27N5O3/c1-30(17-20-16-28-31(18-20)22-7-4-3-5-8-22)19-27(33)32-25(26-9-6-14-35-26)15-24(29-32)21-10-12-23(34-2)13-11-21/h3-14,16,18,25H,15,17,19H2,1-2H3. The zero-order valence-electron chi connectivity index (χ0n) is 19.7. The fourth-order valence-electron chi connectivity index (χ4n) is 4.24. The van der Waals surface area contributed by atoms with E-state index in [2.05, 4.69) is 5.10 Å². The van der Waals surface area contributed by atoms with Crippen LogP contribution in [0.4, 0.5) is 0 Å². The molecule has 0 saturated carbocycles. The van der Waals surface area contributed by atoms with Gasteiger partial charge in [-0.2, -0.15) is 10.2 Å². The minimum atomic E-state index is -0.274. The van der Waals surface area contributed by atoms with E-state index >= 15 is 0 Å². The second kappa shape index (κ2) is 9.99. The van der Waals surface area contributed by atoms with Gasteiger partial charge in [0.1, 0.15) is 17.6 Å². The van der Waals surface area contributed by atoms with E-state index in [4.69, 9.17) is 14.3 Å². The van der Waals surface area contributed by atoms with Crippen molar-refractivity contribution in [2.75, 3.05) is 20.7 Å². The molecule has 2 aromatic carbocycles. The maximum Gasteiger partial charge on any atom is 0.257 e. The number of methoxy groups -OCH3 is 1. The van der Waals surface area contributed by atoms with Gasteiger partial charge >= 0.3 is 0 Å². The van der Waals surface area contributed by atoms with Crippen molar-refractivity contribution in [3.8, 4) is 11.4 Å². The van der Waals surface area contributed by atoms with Crippen LogP contribution in [0.5, 0.6) is 5.75 Å². The summed E-state index contributed by atoms with van der Waals surface area (Å²) in [6, 6.07) is 21.1. The Balaban J connectivity index is 1.29. The fraction of sp³-hybridized carbons (Fsp3) is 0.222. The van der Waals surface area contributed by atoms with Gasteiger partial charge in [0.2, 0.25) is 0 Å². The number of para-hydroxylation sites is 1. The second-order valence-corrected chi connectivity index (χ2v) is 8.55. The minimum Gasteiger partial charge on any atom is -0.497 e. The highest BCUT2D eigenvalue weighted by molar-refractivity contribution is 6.03. The number of hydrogen-bond acceptors (Lipinski definition) is 6. The number of ether oxygens (including phenoxy) is 1. The van der Waals surface area contributed by atoms with E-state index in [1.807, 2.05) is 95.8 Å². The smallest absolute Gasteiger partial charge is 0.257 e. The SMILES string of the molecule is COc1ccc(C2=NN(C(=O)CN(C)Cc3cnn(-c4ccccc4)c3)C(c3ccco3)C2)cc1. The summed E-state index contributed by atoms with van der Waals surface area (Å²) < 4.78 is 12.7. The number of furan rings is 1. The normalized spacial score (nSPS) is 15.5. The number of hydrogen-bond donors (Lipinski definition) is 0. The molecule has 1 unspecified atom stereocenters. The quantitative estimate of drug-likeness (QED) is 0.385. The van der Waals surface area contributed by atoms with Gasteiger partial charge in [-0.1, -0.05) is 18.2 Å². The van der Waals surface area contributed by atoms with Crippen LogP contribution in [0.2, 0.25) is 0 Å². The first-order valence-electron chi connectivity index (χ1n) is 11.5. The highest BCUT2D eigenvalue weighted by Crippen LogP contribution is 2.33. The molecule has 1 amide bonds. The Kier molecular flexibility index (Phi) is 6.45. The van der Waals surface area contributed by atoms with Crippen molar-refractivity contribution in [3.63, 3.8) is 0 Å². The van der Waals surface area contributed by atoms with Crippen molar-refractivity contribution in [1.82, 2.24) is 19.7 Å². The Morgan fingerprint density at radius 1 is 1.11 bits per heavy atom. The summed E-state index contributed by atoms with van der Waals surface area (Å²) in [6.45, 7) is 0.806. The Morgan fingerprint density at radius 3 is 2.63 bits per heavy atom. The van der Waals surface area contributed by atoms with Gasteiger partial charge in [-0.25, -0.2) is 9.69 Å². The summed E-state index contributed by atoms with van der Waals surface area (Å²) in [6.07, 6.45) is 6.02. The molecule has 0 bridgehead atoms. The summed E-state index contributed by atoms with van der Waals surface area (Å²) >= 11 is 0. The molecule has 4 aromatic rings. The Bertz CT molecular complexity index is 1300. The minimum absolute atomic E-state index is 0.0899. The molecule has 8 nitrogen and oxygen atoms in total. The molecule has 0 fully saturated rings. The molecule has 1 atom stereocenters. The second-order valence-electron chi connectivity index (χ2n) is 8.55. The molecule has 5 rings (SSSR count). The van der Waals surface area contributed by atoms with Gasteiger partial charge < -0.3 is 9.15 Å². The largest absolute Gasteiger partial charge is 0.497 e. The van der Waals surface area contributed by atoms with Crippen molar-refractivity contribution in [2.24, 2.45) is 5.10 Å². The van der Waals surface area contributed by atoms with E-state index in [1.165, 1.54) is 0 Å². The predicted molar refractivity (Wildman–Crippen MR) is 132 cm³/mol. The van der Waals surface area contributed by atoms with Crippen LogP contribution in [0.25, 0.3) is 5.69 Å². The first-order chi connectivity index (χ1) is 17.1. The highest BCUT2D eigenvalue weighted by Gasteiger charge is 2.35. The average molecular weight is 470 g/mol. The van der Waals surface area contributed by atoms with Crippen molar-refractivity contribution >= 4 is 11.6 Å². The molecule has 0 spiro atoms. The third kappa shape index (κ3) is 5.02. The third-order valence-corrected chi connectivity index (χ3v) is 5.98. The topological polar surface area (TPSA) is 76.1 Å². The lowest BCUT2D eigenvalue weighted by atomic mass is 10.0. The summed E-state index contributed by atoms with van der Waals surface area (Å²) in [5.41, 5.74) is 3.82. The van der Waals surface area contributed by atoms with Crippen molar-refractivity contribution in [1.29, 1.82) is 0 Å². The summed E-state index contributed by atoms with van der Waals surface area (Å²) in [7, 11) is 3.56. The molecule has 1 aliphatic heterocycles. The van der Waals surface area contributed by atoms with E-state index in [0.29, 0.717) is 13.0 Å². The molecule has 178 valence electrons. The maximum atomic E-state index is 13.4. The molecule has 0 radical (unpaired) electrons. The lowest BCUT2D eigenvalue weighted by molar-refractivity contribution is -0.134. The molecule has 0 aliphatic carbocycles. The van der Waals surface area contributed by atoms with Crippen LogP contribution in [0.15, 0.2) is 94.9 Å². The lowest BCUT2D eigenvalue weighted by Crippen LogP contribution is -2.36. The van der Waals surface area contributed by atoms with E-state index in [9.17, 15) is 4.79 Å². The molecule has 0 saturated heterocycles. The highest BCUT2D eigenvalue weighted by atomic mass is 16.5. The third-order valence-electron chi connectivity index (χ3n) is 5.98. The zero-order valence-corrected chi connectivity index (χ0v) is 19.7. The molecule has 35 heavy (non-hydrogen) atoms.